The highest BCUT2D eigenvalue weighted by molar-refractivity contribution is 7.23. The third-order valence-electron chi connectivity index (χ3n) is 4.01. The Morgan fingerprint density at radius 1 is 1.05 bits per heavy atom. The van der Waals surface area contributed by atoms with E-state index in [1.807, 2.05) is 13.8 Å². The molecular weight excluding hydrogens is 285 g/mol. The van der Waals surface area contributed by atoms with Crippen LogP contribution >= 0.6 is 11.3 Å². The van der Waals surface area contributed by atoms with Crippen LogP contribution in [0, 0.1) is 0 Å². The van der Waals surface area contributed by atoms with Crippen LogP contribution in [0.4, 0.5) is 0 Å². The highest BCUT2D eigenvalue weighted by Gasteiger charge is 2.53. The molecule has 4 nitrogen and oxygen atoms in total. The maximum Gasteiger partial charge on any atom is 0.507 e. The molecule has 0 radical (unpaired) electrons. The summed E-state index contributed by atoms with van der Waals surface area (Å²) in [6.45, 7) is 16.5. The van der Waals surface area contributed by atoms with Gasteiger partial charge >= 0.3 is 7.12 Å². The molecule has 1 aromatic heterocycles. The lowest BCUT2D eigenvalue weighted by Crippen LogP contribution is -2.41. The van der Waals surface area contributed by atoms with Crippen molar-refractivity contribution in [3.63, 3.8) is 0 Å². The summed E-state index contributed by atoms with van der Waals surface area (Å²) < 4.78 is 19.1. The van der Waals surface area contributed by atoms with Gasteiger partial charge in [-0.15, -0.1) is 0 Å². The second-order valence-electron chi connectivity index (χ2n) is 7.14. The predicted octanol–water partition coefficient (Wildman–Crippen LogP) is 3.35. The van der Waals surface area contributed by atoms with Crippen LogP contribution in [-0.2, 0) is 9.31 Å². The molecule has 1 aromatic rings. The first-order chi connectivity index (χ1) is 9.53. The maximum atomic E-state index is 6.15. The number of ether oxygens (including phenoxy) is 1. The normalized spacial score (nSPS) is 20.6. The van der Waals surface area contributed by atoms with Crippen molar-refractivity contribution in [2.24, 2.45) is 0 Å². The van der Waals surface area contributed by atoms with Gasteiger partial charge in [0.1, 0.15) is 0 Å². The van der Waals surface area contributed by atoms with Crippen LogP contribution in [0.5, 0.6) is 5.19 Å². The molecule has 2 heterocycles. The quantitative estimate of drug-likeness (QED) is 0.800. The average molecular weight is 311 g/mol. The summed E-state index contributed by atoms with van der Waals surface area (Å²) in [4.78, 5) is 4.63. The zero-order valence-corrected chi connectivity index (χ0v) is 15.1. The van der Waals surface area contributed by atoms with Crippen LogP contribution in [0.2, 0.25) is 0 Å². The summed E-state index contributed by atoms with van der Waals surface area (Å²) >= 11 is 1.53. The second-order valence-corrected chi connectivity index (χ2v) is 8.13. The van der Waals surface area contributed by atoms with Gasteiger partial charge in [0.2, 0.25) is 0 Å². The molecule has 2 rings (SSSR count). The zero-order valence-electron chi connectivity index (χ0n) is 14.3. The van der Waals surface area contributed by atoms with Gasteiger partial charge in [-0.1, -0.05) is 25.2 Å². The standard InChI is InChI=1S/C15H26BNO3S/c1-9(2)11-12(21-13(17-11)18-10(3)4)16-19-14(5,6)15(7,8)20-16/h9-10H,1-8H3. The van der Waals surface area contributed by atoms with Crippen molar-refractivity contribution >= 4 is 23.2 Å². The monoisotopic (exact) mass is 311 g/mol. The van der Waals surface area contributed by atoms with E-state index in [-0.39, 0.29) is 24.4 Å². The van der Waals surface area contributed by atoms with Gasteiger partial charge < -0.3 is 14.0 Å². The Bertz CT molecular complexity index is 495. The van der Waals surface area contributed by atoms with Crippen molar-refractivity contribution in [2.75, 3.05) is 0 Å². The van der Waals surface area contributed by atoms with Crippen molar-refractivity contribution in [3.8, 4) is 5.19 Å². The van der Waals surface area contributed by atoms with E-state index >= 15 is 0 Å². The van der Waals surface area contributed by atoms with Crippen LogP contribution in [0.25, 0.3) is 0 Å². The average Bonchev–Trinajstić information content (AvgIpc) is 2.78. The third-order valence-corrected chi connectivity index (χ3v) is 5.00. The van der Waals surface area contributed by atoms with E-state index in [9.17, 15) is 0 Å². The zero-order chi connectivity index (χ0) is 16.0. The fourth-order valence-corrected chi connectivity index (χ4v) is 3.26. The van der Waals surface area contributed by atoms with E-state index in [1.54, 1.807) is 0 Å². The largest absolute Gasteiger partial charge is 0.507 e. The summed E-state index contributed by atoms with van der Waals surface area (Å²) in [6, 6.07) is 0. The molecule has 0 N–H and O–H groups in total. The Hall–Kier alpha value is -0.585. The molecule has 0 unspecified atom stereocenters. The van der Waals surface area contributed by atoms with Gasteiger partial charge in [0.25, 0.3) is 5.19 Å². The van der Waals surface area contributed by atoms with Crippen LogP contribution in [0.15, 0.2) is 0 Å². The van der Waals surface area contributed by atoms with Crippen molar-refractivity contribution in [1.29, 1.82) is 0 Å². The van der Waals surface area contributed by atoms with Crippen LogP contribution < -0.4 is 9.51 Å². The highest BCUT2D eigenvalue weighted by atomic mass is 32.1. The molecule has 6 heteroatoms. The Balaban J connectivity index is 2.33. The molecule has 118 valence electrons. The molecule has 1 aliphatic heterocycles. The smallest absolute Gasteiger partial charge is 0.467 e. The van der Waals surface area contributed by atoms with E-state index in [2.05, 4.69) is 46.5 Å². The van der Waals surface area contributed by atoms with Gasteiger partial charge in [-0.05, 0) is 47.5 Å². The minimum atomic E-state index is -0.366. The van der Waals surface area contributed by atoms with E-state index in [0.29, 0.717) is 11.1 Å². The van der Waals surface area contributed by atoms with E-state index in [1.165, 1.54) is 11.3 Å². The summed E-state index contributed by atoms with van der Waals surface area (Å²) in [5, 5.41) is 0.693. The topological polar surface area (TPSA) is 40.6 Å². The van der Waals surface area contributed by atoms with Gasteiger partial charge in [0.15, 0.2) is 0 Å². The van der Waals surface area contributed by atoms with E-state index in [0.717, 1.165) is 10.5 Å². The molecule has 0 bridgehead atoms. The maximum absolute atomic E-state index is 6.15. The fourth-order valence-electron chi connectivity index (χ4n) is 2.11. The number of aromatic nitrogens is 1. The molecule has 1 fully saturated rings. The van der Waals surface area contributed by atoms with Gasteiger partial charge in [-0.3, -0.25) is 0 Å². The lowest BCUT2D eigenvalue weighted by atomic mass is 9.84. The first kappa shape index (κ1) is 16.8. The number of thiazole rings is 1. The fraction of sp³-hybridized carbons (Fsp3) is 0.800. The van der Waals surface area contributed by atoms with Gasteiger partial charge in [-0.2, -0.15) is 0 Å². The van der Waals surface area contributed by atoms with Gasteiger partial charge in [0, 0.05) is 0 Å². The number of hydrogen-bond acceptors (Lipinski definition) is 5. The van der Waals surface area contributed by atoms with Crippen LogP contribution in [0.3, 0.4) is 0 Å². The SMILES string of the molecule is CC(C)Oc1nc(C(C)C)c(B2OC(C)(C)C(C)(C)O2)s1. The van der Waals surface area contributed by atoms with Gasteiger partial charge in [0.05, 0.1) is 27.8 Å². The van der Waals surface area contributed by atoms with Crippen LogP contribution in [0.1, 0.15) is 67.0 Å². The lowest BCUT2D eigenvalue weighted by molar-refractivity contribution is 0.00578. The molecule has 0 aromatic carbocycles. The Labute approximate surface area is 132 Å². The summed E-state index contributed by atoms with van der Waals surface area (Å²) in [5.41, 5.74) is 0.332. The number of rotatable bonds is 4. The van der Waals surface area contributed by atoms with E-state index < -0.39 is 0 Å². The van der Waals surface area contributed by atoms with Gasteiger partial charge in [-0.25, -0.2) is 4.98 Å². The third kappa shape index (κ3) is 3.27. The van der Waals surface area contributed by atoms with Crippen LogP contribution in [-0.4, -0.2) is 29.4 Å². The minimum absolute atomic E-state index is 0.113. The molecule has 1 saturated heterocycles. The molecule has 21 heavy (non-hydrogen) atoms. The predicted molar refractivity (Wildman–Crippen MR) is 87.7 cm³/mol. The number of hydrogen-bond donors (Lipinski definition) is 0. The van der Waals surface area contributed by atoms with Crippen molar-refractivity contribution in [2.45, 2.75) is 78.6 Å². The Morgan fingerprint density at radius 3 is 2.00 bits per heavy atom. The lowest BCUT2D eigenvalue weighted by Gasteiger charge is -2.32. The molecular formula is C15H26BNO3S. The Morgan fingerprint density at radius 2 is 1.57 bits per heavy atom. The molecule has 0 saturated carbocycles. The van der Waals surface area contributed by atoms with Crippen molar-refractivity contribution in [1.82, 2.24) is 4.98 Å². The summed E-state index contributed by atoms with van der Waals surface area (Å²) in [5.74, 6) is 0.305. The number of nitrogens with zero attached hydrogens (tertiary/aromatic N) is 1. The first-order valence-corrected chi connectivity index (χ1v) is 8.38. The molecule has 0 amide bonds. The highest BCUT2D eigenvalue weighted by Crippen LogP contribution is 2.38. The van der Waals surface area contributed by atoms with Crippen molar-refractivity contribution in [3.05, 3.63) is 5.69 Å². The minimum Gasteiger partial charge on any atom is -0.467 e. The second kappa shape index (κ2) is 5.56. The summed E-state index contributed by atoms with van der Waals surface area (Å²) in [7, 11) is -0.366. The van der Waals surface area contributed by atoms with E-state index in [4.69, 9.17) is 14.0 Å². The summed E-state index contributed by atoms with van der Waals surface area (Å²) in [6.07, 6.45) is 0.113. The molecule has 1 aliphatic rings. The molecule has 0 aliphatic carbocycles. The van der Waals surface area contributed by atoms with Crippen molar-refractivity contribution < 1.29 is 14.0 Å². The Kier molecular flexibility index (Phi) is 4.44. The molecule has 0 spiro atoms. The first-order valence-electron chi connectivity index (χ1n) is 7.56. The molecule has 0 atom stereocenters.